The normalized spacial score (nSPS) is 17.3. The lowest BCUT2D eigenvalue weighted by molar-refractivity contribution is 0.123. The second-order valence-corrected chi connectivity index (χ2v) is 8.94. The lowest BCUT2D eigenvalue weighted by Gasteiger charge is -2.29. The van der Waals surface area contributed by atoms with Crippen LogP contribution in [0.15, 0.2) is 47.2 Å². The molecule has 0 fully saturated rings. The molecule has 0 saturated carbocycles. The smallest absolute Gasteiger partial charge is 0.200 e. The molecular formula is C27H33F2N3O2. The Labute approximate surface area is 199 Å². The third-order valence-corrected chi connectivity index (χ3v) is 6.67. The van der Waals surface area contributed by atoms with E-state index in [4.69, 9.17) is 4.42 Å². The van der Waals surface area contributed by atoms with Gasteiger partial charge in [-0.3, -0.25) is 0 Å². The summed E-state index contributed by atoms with van der Waals surface area (Å²) in [4.78, 5) is 4.25. The molecule has 34 heavy (non-hydrogen) atoms. The number of nitrogens with one attached hydrogen (secondary N) is 2. The van der Waals surface area contributed by atoms with Gasteiger partial charge in [0.05, 0.1) is 23.9 Å². The Balaban J connectivity index is 1.54. The third-order valence-electron chi connectivity index (χ3n) is 6.67. The second kappa shape index (κ2) is 11.1. The van der Waals surface area contributed by atoms with Crippen molar-refractivity contribution in [2.45, 2.75) is 64.0 Å². The number of nitrogens with zero attached hydrogens (tertiary/aromatic N) is 1. The summed E-state index contributed by atoms with van der Waals surface area (Å²) in [5, 5.41) is 17.7. The Bertz CT molecular complexity index is 1090. The Morgan fingerprint density at radius 2 is 2.06 bits per heavy atom. The Morgan fingerprint density at radius 3 is 2.79 bits per heavy atom. The van der Waals surface area contributed by atoms with E-state index in [2.05, 4.69) is 40.7 Å². The van der Waals surface area contributed by atoms with Gasteiger partial charge in [0.2, 0.25) is 0 Å². The number of hydrogen-bond donors (Lipinski definition) is 3. The highest BCUT2D eigenvalue weighted by atomic mass is 19.1. The average Bonchev–Trinajstić information content (AvgIpc) is 3.37. The largest absolute Gasteiger partial charge is 0.449 e. The number of aliphatic hydroxyl groups excluding tert-OH is 1. The number of fused-ring (bicyclic) bond motifs is 1. The zero-order chi connectivity index (χ0) is 24.1. The molecule has 1 aliphatic carbocycles. The maximum atomic E-state index is 14.5. The van der Waals surface area contributed by atoms with Crippen molar-refractivity contribution in [1.82, 2.24) is 10.3 Å². The second-order valence-electron chi connectivity index (χ2n) is 8.94. The van der Waals surface area contributed by atoms with Crippen molar-refractivity contribution in [2.24, 2.45) is 0 Å². The van der Waals surface area contributed by atoms with Gasteiger partial charge in [0, 0.05) is 25.2 Å². The van der Waals surface area contributed by atoms with Gasteiger partial charge in [-0.15, -0.1) is 0 Å². The van der Waals surface area contributed by atoms with Gasteiger partial charge in [-0.05, 0) is 67.3 Å². The first kappa shape index (κ1) is 24.4. The molecule has 0 saturated heterocycles. The number of hydrogen-bond acceptors (Lipinski definition) is 5. The standard InChI is InChI=1S/C27H33F2N3O2/c1-3-17-8-9-18-6-5-7-24(21(18)12-17)32-16-25(33)22(27-31-10-11-34-27)14-19-13-20(28)15-23(29)26(19)30-4-2/h8-13,15,22,24-25,30,32-33H,3-7,14,16H2,1-2H3. The Morgan fingerprint density at radius 1 is 1.21 bits per heavy atom. The Hall–Kier alpha value is -2.77. The quantitative estimate of drug-likeness (QED) is 0.376. The molecule has 5 nitrogen and oxygen atoms in total. The highest BCUT2D eigenvalue weighted by Crippen LogP contribution is 2.33. The number of aromatic nitrogens is 1. The van der Waals surface area contributed by atoms with Crippen LogP contribution >= 0.6 is 0 Å². The molecule has 3 N–H and O–H groups in total. The van der Waals surface area contributed by atoms with E-state index < -0.39 is 23.7 Å². The van der Waals surface area contributed by atoms with E-state index in [1.807, 2.05) is 6.92 Å². The van der Waals surface area contributed by atoms with E-state index in [0.29, 0.717) is 24.5 Å². The molecular weight excluding hydrogens is 436 g/mol. The van der Waals surface area contributed by atoms with Gasteiger partial charge in [0.15, 0.2) is 5.89 Å². The minimum absolute atomic E-state index is 0.152. The van der Waals surface area contributed by atoms with Gasteiger partial charge in [0.1, 0.15) is 17.9 Å². The van der Waals surface area contributed by atoms with Crippen LogP contribution in [0.25, 0.3) is 0 Å². The summed E-state index contributed by atoms with van der Waals surface area (Å²) in [6.07, 6.45) is 6.42. The monoisotopic (exact) mass is 469 g/mol. The summed E-state index contributed by atoms with van der Waals surface area (Å²) < 4.78 is 34.0. The number of anilines is 1. The van der Waals surface area contributed by atoms with Crippen molar-refractivity contribution in [3.63, 3.8) is 0 Å². The Kier molecular flexibility index (Phi) is 7.95. The van der Waals surface area contributed by atoms with E-state index in [9.17, 15) is 13.9 Å². The third kappa shape index (κ3) is 5.47. The molecule has 0 spiro atoms. The van der Waals surface area contributed by atoms with Crippen molar-refractivity contribution in [3.8, 4) is 0 Å². The molecule has 3 aromatic rings. The molecule has 3 atom stereocenters. The minimum atomic E-state index is -0.862. The molecule has 0 aliphatic heterocycles. The molecule has 4 rings (SSSR count). The molecule has 0 radical (unpaired) electrons. The fourth-order valence-corrected chi connectivity index (χ4v) is 4.89. The van der Waals surface area contributed by atoms with E-state index in [-0.39, 0.29) is 18.2 Å². The van der Waals surface area contributed by atoms with Crippen LogP contribution in [0.2, 0.25) is 0 Å². The fourth-order valence-electron chi connectivity index (χ4n) is 4.89. The molecule has 1 aromatic heterocycles. The summed E-state index contributed by atoms with van der Waals surface area (Å²) in [5.74, 6) is -1.52. The predicted molar refractivity (Wildman–Crippen MR) is 129 cm³/mol. The number of benzene rings is 2. The van der Waals surface area contributed by atoms with Crippen LogP contribution in [0.3, 0.4) is 0 Å². The summed E-state index contributed by atoms with van der Waals surface area (Å²) in [6.45, 7) is 4.80. The van der Waals surface area contributed by atoms with E-state index in [0.717, 1.165) is 31.7 Å². The van der Waals surface area contributed by atoms with E-state index in [1.165, 1.54) is 35.2 Å². The summed E-state index contributed by atoms with van der Waals surface area (Å²) in [7, 11) is 0. The number of halogens is 2. The van der Waals surface area contributed by atoms with Gasteiger partial charge >= 0.3 is 0 Å². The first-order valence-electron chi connectivity index (χ1n) is 12.1. The first-order chi connectivity index (χ1) is 16.5. The van der Waals surface area contributed by atoms with E-state index in [1.54, 1.807) is 0 Å². The predicted octanol–water partition coefficient (Wildman–Crippen LogP) is 5.30. The van der Waals surface area contributed by atoms with Crippen LogP contribution in [-0.2, 0) is 19.3 Å². The van der Waals surface area contributed by atoms with Crippen LogP contribution in [0.1, 0.15) is 66.8 Å². The molecule has 1 heterocycles. The molecule has 1 aliphatic rings. The minimum Gasteiger partial charge on any atom is -0.449 e. The van der Waals surface area contributed by atoms with Crippen LogP contribution < -0.4 is 10.6 Å². The maximum absolute atomic E-state index is 14.5. The van der Waals surface area contributed by atoms with Gasteiger partial charge in [-0.1, -0.05) is 25.1 Å². The van der Waals surface area contributed by atoms with Crippen LogP contribution in [0.4, 0.5) is 14.5 Å². The number of rotatable bonds is 10. The lowest BCUT2D eigenvalue weighted by atomic mass is 9.85. The van der Waals surface area contributed by atoms with E-state index >= 15 is 0 Å². The number of aliphatic hydroxyl groups is 1. The summed E-state index contributed by atoms with van der Waals surface area (Å²) in [5.41, 5.74) is 4.64. The summed E-state index contributed by atoms with van der Waals surface area (Å²) >= 11 is 0. The van der Waals surface area contributed by atoms with Crippen molar-refractivity contribution in [1.29, 1.82) is 0 Å². The fraction of sp³-hybridized carbons (Fsp3) is 0.444. The first-order valence-corrected chi connectivity index (χ1v) is 12.1. The van der Waals surface area contributed by atoms with Crippen molar-refractivity contribution in [2.75, 3.05) is 18.4 Å². The van der Waals surface area contributed by atoms with Gasteiger partial charge in [-0.25, -0.2) is 13.8 Å². The lowest BCUT2D eigenvalue weighted by Crippen LogP contribution is -2.36. The number of oxazole rings is 1. The van der Waals surface area contributed by atoms with Crippen LogP contribution in [0, 0.1) is 11.6 Å². The topological polar surface area (TPSA) is 70.3 Å². The van der Waals surface area contributed by atoms with Gasteiger partial charge < -0.3 is 20.2 Å². The van der Waals surface area contributed by atoms with Crippen molar-refractivity contribution in [3.05, 3.63) is 82.6 Å². The maximum Gasteiger partial charge on any atom is 0.200 e. The number of aryl methyl sites for hydroxylation is 2. The van der Waals surface area contributed by atoms with Crippen LogP contribution in [0.5, 0.6) is 0 Å². The summed E-state index contributed by atoms with van der Waals surface area (Å²) in [6, 6.07) is 9.00. The zero-order valence-electron chi connectivity index (χ0n) is 19.8. The highest BCUT2D eigenvalue weighted by molar-refractivity contribution is 5.53. The molecule has 0 amide bonds. The molecule has 3 unspecified atom stereocenters. The molecule has 2 aromatic carbocycles. The SMILES string of the molecule is CCNc1c(F)cc(F)cc1CC(c1ncco1)C(O)CNC1CCCc2ccc(CC)cc21. The van der Waals surface area contributed by atoms with Crippen LogP contribution in [-0.4, -0.2) is 29.3 Å². The molecule has 0 bridgehead atoms. The molecule has 182 valence electrons. The van der Waals surface area contributed by atoms with Crippen molar-refractivity contribution < 1.29 is 18.3 Å². The van der Waals surface area contributed by atoms with Gasteiger partial charge in [0.25, 0.3) is 0 Å². The highest BCUT2D eigenvalue weighted by Gasteiger charge is 2.29. The average molecular weight is 470 g/mol. The van der Waals surface area contributed by atoms with Crippen molar-refractivity contribution >= 4 is 5.69 Å². The zero-order valence-corrected chi connectivity index (χ0v) is 19.8. The van der Waals surface area contributed by atoms with Gasteiger partial charge in [-0.2, -0.15) is 0 Å². The molecule has 7 heteroatoms.